The van der Waals surface area contributed by atoms with Crippen LogP contribution in [-0.4, -0.2) is 103 Å². The Kier molecular flexibility index (Phi) is 6.62. The molecule has 13 nitrogen and oxygen atoms in total. The SMILES string of the molecule is CN1CCCC1COc1nc(N2CCN(C(=O)O)C(CC#N)C2)c2ncc(Cc3cccc4[nH]ncc34)n2n1. The highest BCUT2D eigenvalue weighted by Gasteiger charge is 2.33. The quantitative estimate of drug-likeness (QED) is 0.363. The zero-order chi connectivity index (χ0) is 26.9. The number of nitrogens with zero attached hydrogens (tertiary/aromatic N) is 9. The molecule has 4 aromatic rings. The third-order valence-electron chi connectivity index (χ3n) is 7.77. The normalized spacial score (nSPS) is 20.1. The van der Waals surface area contributed by atoms with Gasteiger partial charge in [0.2, 0.25) is 0 Å². The fourth-order valence-corrected chi connectivity index (χ4v) is 5.61. The maximum absolute atomic E-state index is 11.8. The van der Waals surface area contributed by atoms with Gasteiger partial charge in [-0.25, -0.2) is 14.3 Å². The number of carboxylic acid groups (broad SMARTS) is 1. The number of fused-ring (bicyclic) bond motifs is 2. The Labute approximate surface area is 224 Å². The number of hydrogen-bond acceptors (Lipinski definition) is 9. The predicted molar refractivity (Wildman–Crippen MR) is 142 cm³/mol. The predicted octanol–water partition coefficient (Wildman–Crippen LogP) is 2.15. The highest BCUT2D eigenvalue weighted by molar-refractivity contribution is 5.82. The van der Waals surface area contributed by atoms with Crippen LogP contribution in [0.15, 0.2) is 30.6 Å². The molecule has 0 bridgehead atoms. The van der Waals surface area contributed by atoms with Gasteiger partial charge in [0.15, 0.2) is 11.5 Å². The molecular formula is C26H30N10O3. The van der Waals surface area contributed by atoms with Crippen molar-refractivity contribution < 1.29 is 14.6 Å². The maximum atomic E-state index is 11.8. The molecule has 0 radical (unpaired) electrons. The summed E-state index contributed by atoms with van der Waals surface area (Å²) in [5.41, 5.74) is 3.47. The molecule has 39 heavy (non-hydrogen) atoms. The van der Waals surface area contributed by atoms with Crippen molar-refractivity contribution in [2.24, 2.45) is 0 Å². The van der Waals surface area contributed by atoms with Crippen molar-refractivity contribution in [2.45, 2.75) is 37.8 Å². The molecule has 2 saturated heterocycles. The summed E-state index contributed by atoms with van der Waals surface area (Å²) in [6.07, 6.45) is 5.45. The standard InChI is InChI=1S/C26H30N10O3/c1-33-9-3-5-19(33)16-39-25-30-24(34-10-11-35(26(37)38)18(15-34)7-8-27)23-28-13-20(36(23)32-25)12-17-4-2-6-22-21(17)14-29-31-22/h2,4,6,13-14,18-19H,3,5,7,9-12,15-16H2,1H3,(H,29,31)(H,37,38). The smallest absolute Gasteiger partial charge is 0.407 e. The number of carbonyl (C=O) groups is 1. The number of aromatic amines is 1. The molecule has 2 aliphatic heterocycles. The van der Waals surface area contributed by atoms with Crippen LogP contribution < -0.4 is 9.64 Å². The van der Waals surface area contributed by atoms with E-state index in [1.54, 1.807) is 10.7 Å². The zero-order valence-electron chi connectivity index (χ0n) is 21.7. The number of aromatic nitrogens is 6. The minimum Gasteiger partial charge on any atom is -0.465 e. The molecule has 3 aromatic heterocycles. The second-order valence-corrected chi connectivity index (χ2v) is 10.2. The van der Waals surface area contributed by atoms with Crippen LogP contribution in [0.25, 0.3) is 16.6 Å². The van der Waals surface area contributed by atoms with Crippen LogP contribution in [0.1, 0.15) is 30.5 Å². The molecule has 2 atom stereocenters. The molecule has 6 rings (SSSR count). The molecular weight excluding hydrogens is 500 g/mol. The summed E-state index contributed by atoms with van der Waals surface area (Å²) in [7, 11) is 2.10. The molecule has 2 aliphatic rings. The van der Waals surface area contributed by atoms with Crippen molar-refractivity contribution in [3.05, 3.63) is 41.9 Å². The number of nitrogens with one attached hydrogen (secondary N) is 1. The average molecular weight is 531 g/mol. The van der Waals surface area contributed by atoms with E-state index in [4.69, 9.17) is 14.8 Å². The van der Waals surface area contributed by atoms with Crippen LogP contribution in [0.4, 0.5) is 10.6 Å². The monoisotopic (exact) mass is 530 g/mol. The average Bonchev–Trinajstić information content (AvgIpc) is 3.68. The summed E-state index contributed by atoms with van der Waals surface area (Å²) in [5, 5.41) is 31.9. The molecule has 5 heterocycles. The van der Waals surface area contributed by atoms with Gasteiger partial charge in [0.1, 0.15) is 6.61 Å². The lowest BCUT2D eigenvalue weighted by Gasteiger charge is -2.39. The first-order valence-corrected chi connectivity index (χ1v) is 13.1. The molecule has 0 saturated carbocycles. The molecule has 1 amide bonds. The molecule has 202 valence electrons. The molecule has 2 fully saturated rings. The Hall–Kier alpha value is -4.44. The first kappa shape index (κ1) is 24.9. The lowest BCUT2D eigenvalue weighted by molar-refractivity contribution is 0.119. The largest absolute Gasteiger partial charge is 0.465 e. The van der Waals surface area contributed by atoms with Crippen molar-refractivity contribution in [1.82, 2.24) is 39.6 Å². The number of benzene rings is 1. The van der Waals surface area contributed by atoms with Gasteiger partial charge in [0.05, 0.1) is 42.1 Å². The van der Waals surface area contributed by atoms with Crippen LogP contribution >= 0.6 is 0 Å². The minimum absolute atomic E-state index is 0.0932. The number of piperazine rings is 1. The van der Waals surface area contributed by atoms with Gasteiger partial charge in [-0.3, -0.25) is 5.10 Å². The van der Waals surface area contributed by atoms with Gasteiger partial charge in [0, 0.05) is 37.5 Å². The van der Waals surface area contributed by atoms with Crippen LogP contribution in [-0.2, 0) is 6.42 Å². The lowest BCUT2D eigenvalue weighted by atomic mass is 10.1. The molecule has 13 heteroatoms. The second-order valence-electron chi connectivity index (χ2n) is 10.2. The van der Waals surface area contributed by atoms with Crippen LogP contribution in [0.3, 0.4) is 0 Å². The van der Waals surface area contributed by atoms with E-state index in [1.165, 1.54) is 4.90 Å². The van der Waals surface area contributed by atoms with Gasteiger partial charge in [-0.1, -0.05) is 12.1 Å². The van der Waals surface area contributed by atoms with Gasteiger partial charge >= 0.3 is 12.1 Å². The maximum Gasteiger partial charge on any atom is 0.407 e. The number of imidazole rings is 1. The van der Waals surface area contributed by atoms with Gasteiger partial charge < -0.3 is 24.5 Å². The first-order chi connectivity index (χ1) is 19.0. The summed E-state index contributed by atoms with van der Waals surface area (Å²) in [5.74, 6) is 0.570. The number of hydrogen-bond donors (Lipinski definition) is 2. The van der Waals surface area contributed by atoms with Crippen LogP contribution in [0, 0.1) is 11.3 Å². The fourth-order valence-electron chi connectivity index (χ4n) is 5.61. The number of ether oxygens (including phenoxy) is 1. The van der Waals surface area contributed by atoms with Gasteiger partial charge in [0.25, 0.3) is 0 Å². The Morgan fingerprint density at radius 2 is 2.15 bits per heavy atom. The Morgan fingerprint density at radius 1 is 1.26 bits per heavy atom. The summed E-state index contributed by atoms with van der Waals surface area (Å²) in [4.78, 5) is 26.8. The molecule has 1 aromatic carbocycles. The van der Waals surface area contributed by atoms with E-state index in [9.17, 15) is 15.2 Å². The van der Waals surface area contributed by atoms with Crippen molar-refractivity contribution >= 4 is 28.5 Å². The Bertz CT molecular complexity index is 1540. The van der Waals surface area contributed by atoms with E-state index >= 15 is 0 Å². The van der Waals surface area contributed by atoms with Crippen LogP contribution in [0.5, 0.6) is 6.01 Å². The summed E-state index contributed by atoms with van der Waals surface area (Å²) >= 11 is 0. The zero-order valence-corrected chi connectivity index (χ0v) is 21.7. The van der Waals surface area contributed by atoms with Gasteiger partial charge in [-0.15, -0.1) is 5.10 Å². The first-order valence-electron chi connectivity index (χ1n) is 13.1. The lowest BCUT2D eigenvalue weighted by Crippen LogP contribution is -2.55. The van der Waals surface area contributed by atoms with E-state index in [-0.39, 0.29) is 19.0 Å². The highest BCUT2D eigenvalue weighted by Crippen LogP contribution is 2.27. The number of rotatable bonds is 7. The minimum atomic E-state index is -1.02. The van der Waals surface area contributed by atoms with Gasteiger partial charge in [-0.2, -0.15) is 15.3 Å². The van der Waals surface area contributed by atoms with E-state index in [0.717, 1.165) is 41.5 Å². The van der Waals surface area contributed by atoms with E-state index in [1.807, 2.05) is 23.2 Å². The Balaban J connectivity index is 1.37. The van der Waals surface area contributed by atoms with Crippen LogP contribution in [0.2, 0.25) is 0 Å². The van der Waals surface area contributed by atoms with E-state index in [2.05, 4.69) is 39.3 Å². The number of amides is 1. The number of anilines is 1. The number of H-pyrrole nitrogens is 1. The summed E-state index contributed by atoms with van der Waals surface area (Å²) < 4.78 is 7.93. The second kappa shape index (κ2) is 10.4. The van der Waals surface area contributed by atoms with Crippen molar-refractivity contribution in [3.8, 4) is 12.1 Å². The summed E-state index contributed by atoms with van der Waals surface area (Å²) in [6, 6.07) is 8.23. The highest BCUT2D eigenvalue weighted by atomic mass is 16.5. The fraction of sp³-hybridized carbons (Fsp3) is 0.462. The summed E-state index contributed by atoms with van der Waals surface area (Å²) in [6.45, 7) is 2.52. The third kappa shape index (κ3) is 4.79. The van der Waals surface area contributed by atoms with E-state index < -0.39 is 12.1 Å². The number of likely N-dealkylation sites (tertiary alicyclic amines) is 1. The number of nitriles is 1. The molecule has 2 N–H and O–H groups in total. The van der Waals surface area contributed by atoms with Crippen molar-refractivity contribution in [2.75, 3.05) is 44.7 Å². The topological polar surface area (TPSA) is 152 Å². The third-order valence-corrected chi connectivity index (χ3v) is 7.77. The Morgan fingerprint density at radius 3 is 2.95 bits per heavy atom. The molecule has 0 aliphatic carbocycles. The molecule has 2 unspecified atom stereocenters. The van der Waals surface area contributed by atoms with Gasteiger partial charge in [-0.05, 0) is 38.1 Å². The number of likely N-dealkylation sites (N-methyl/N-ethyl adjacent to an activating group) is 1. The van der Waals surface area contributed by atoms with Crippen molar-refractivity contribution in [3.63, 3.8) is 0 Å². The molecule has 0 spiro atoms. The van der Waals surface area contributed by atoms with Crippen molar-refractivity contribution in [1.29, 1.82) is 5.26 Å². The van der Waals surface area contributed by atoms with E-state index in [0.29, 0.717) is 43.6 Å².